The van der Waals surface area contributed by atoms with Crippen LogP contribution in [0, 0.1) is 12.8 Å². The quantitative estimate of drug-likeness (QED) is 0.328. The molecule has 2 N–H and O–H groups in total. The number of hydrogen-bond acceptors (Lipinski definition) is 9. The minimum absolute atomic E-state index is 0.0173. The molecule has 1 amide bonds. The second-order valence-electron chi connectivity index (χ2n) is 9.12. The summed E-state index contributed by atoms with van der Waals surface area (Å²) in [6.45, 7) is 5.59. The van der Waals surface area contributed by atoms with Crippen LogP contribution in [0.2, 0.25) is 5.02 Å². The molecule has 0 saturated carbocycles. The van der Waals surface area contributed by atoms with Gasteiger partial charge in [0.05, 0.1) is 18.5 Å². The fourth-order valence-electron chi connectivity index (χ4n) is 4.37. The molecule has 1 aliphatic heterocycles. The number of carbonyl (C=O) groups is 1. The van der Waals surface area contributed by atoms with Gasteiger partial charge in [0, 0.05) is 30.7 Å². The van der Waals surface area contributed by atoms with Crippen molar-refractivity contribution in [3.8, 4) is 0 Å². The van der Waals surface area contributed by atoms with E-state index in [1.54, 1.807) is 19.1 Å². The molecule has 0 unspecified atom stereocenters. The number of piperidine rings is 1. The number of amides is 1. The number of benzene rings is 1. The summed E-state index contributed by atoms with van der Waals surface area (Å²) in [7, 11) is 0. The van der Waals surface area contributed by atoms with Crippen LogP contribution >= 0.6 is 22.9 Å². The van der Waals surface area contributed by atoms with Gasteiger partial charge in [-0.15, -0.1) is 21.5 Å². The predicted octanol–water partition coefficient (Wildman–Crippen LogP) is 3.69. The lowest BCUT2D eigenvalue weighted by molar-refractivity contribution is 0.0550. The maximum atomic E-state index is 12.8. The summed E-state index contributed by atoms with van der Waals surface area (Å²) in [5.41, 5.74) is 1.29. The van der Waals surface area contributed by atoms with Crippen molar-refractivity contribution in [2.75, 3.05) is 19.7 Å². The molecular formula is C25H27ClN6O4S. The highest BCUT2D eigenvalue weighted by Gasteiger charge is 2.21. The number of aromatic nitrogens is 4. The molecule has 0 radical (unpaired) electrons. The number of carbonyl (C=O) groups excluding carboxylic acids is 1. The van der Waals surface area contributed by atoms with Crippen molar-refractivity contribution in [2.45, 2.75) is 39.5 Å². The van der Waals surface area contributed by atoms with Gasteiger partial charge < -0.3 is 19.5 Å². The van der Waals surface area contributed by atoms with Crippen LogP contribution in [0.5, 0.6) is 0 Å². The molecule has 4 aromatic rings. The number of H-pyrrole nitrogens is 1. The molecule has 194 valence electrons. The number of nitrogens with one attached hydrogen (secondary N) is 2. The Hall–Kier alpha value is -3.12. The van der Waals surface area contributed by atoms with Crippen LogP contribution in [0.1, 0.15) is 46.4 Å². The second kappa shape index (κ2) is 11.5. The number of likely N-dealkylation sites (tertiary alicyclic amines) is 1. The SMILES string of the molecule is Cc1nnc(CN2CCC(COCc3csc4nc(C(=O)NCc5cccc(Cl)c5)[nH]c(=O)c34)CC2)o1. The number of nitrogens with zero attached hydrogens (tertiary/aromatic N) is 4. The molecule has 1 aromatic carbocycles. The molecule has 1 fully saturated rings. The molecule has 3 aromatic heterocycles. The van der Waals surface area contributed by atoms with Crippen LogP contribution in [0.3, 0.4) is 0 Å². The summed E-state index contributed by atoms with van der Waals surface area (Å²) in [6, 6.07) is 7.21. The molecular weight excluding hydrogens is 516 g/mol. The van der Waals surface area contributed by atoms with Crippen LogP contribution in [0.4, 0.5) is 0 Å². The van der Waals surface area contributed by atoms with Crippen molar-refractivity contribution in [3.63, 3.8) is 0 Å². The Labute approximate surface area is 222 Å². The van der Waals surface area contributed by atoms with Gasteiger partial charge in [0.1, 0.15) is 4.83 Å². The first-order chi connectivity index (χ1) is 17.9. The highest BCUT2D eigenvalue weighted by molar-refractivity contribution is 7.16. The number of aryl methyl sites for hydroxylation is 1. The van der Waals surface area contributed by atoms with Gasteiger partial charge in [-0.05, 0) is 54.9 Å². The number of fused-ring (bicyclic) bond motifs is 1. The molecule has 4 heterocycles. The molecule has 5 rings (SSSR count). The average Bonchev–Trinajstić information content (AvgIpc) is 3.49. The molecule has 12 heteroatoms. The van der Waals surface area contributed by atoms with Gasteiger partial charge in [-0.2, -0.15) is 0 Å². The highest BCUT2D eigenvalue weighted by Crippen LogP contribution is 2.24. The summed E-state index contributed by atoms with van der Waals surface area (Å²) in [5, 5.41) is 13.6. The van der Waals surface area contributed by atoms with E-state index in [-0.39, 0.29) is 17.9 Å². The molecule has 1 saturated heterocycles. The summed E-state index contributed by atoms with van der Waals surface area (Å²) < 4.78 is 11.5. The largest absolute Gasteiger partial charge is 0.424 e. The Morgan fingerprint density at radius 3 is 2.92 bits per heavy atom. The fourth-order valence-corrected chi connectivity index (χ4v) is 5.51. The summed E-state index contributed by atoms with van der Waals surface area (Å²) >= 11 is 7.32. The third kappa shape index (κ3) is 6.42. The van der Waals surface area contributed by atoms with Gasteiger partial charge in [-0.3, -0.25) is 14.5 Å². The lowest BCUT2D eigenvalue weighted by Crippen LogP contribution is -2.34. The van der Waals surface area contributed by atoms with E-state index in [1.807, 2.05) is 17.5 Å². The van der Waals surface area contributed by atoms with E-state index < -0.39 is 5.91 Å². The van der Waals surface area contributed by atoms with Crippen LogP contribution in [0.25, 0.3) is 10.2 Å². The Balaban J connectivity index is 1.12. The maximum Gasteiger partial charge on any atom is 0.287 e. The zero-order valence-electron chi connectivity index (χ0n) is 20.3. The van der Waals surface area contributed by atoms with Gasteiger partial charge >= 0.3 is 0 Å². The molecule has 0 atom stereocenters. The van der Waals surface area contributed by atoms with Crippen molar-refractivity contribution >= 4 is 39.1 Å². The van der Waals surface area contributed by atoms with Crippen LogP contribution in [-0.4, -0.2) is 50.7 Å². The van der Waals surface area contributed by atoms with Crippen molar-refractivity contribution < 1.29 is 13.9 Å². The van der Waals surface area contributed by atoms with Gasteiger partial charge in [-0.25, -0.2) is 4.98 Å². The summed E-state index contributed by atoms with van der Waals surface area (Å²) in [4.78, 5) is 35.2. The molecule has 0 spiro atoms. The van der Waals surface area contributed by atoms with E-state index in [2.05, 4.69) is 30.4 Å². The first kappa shape index (κ1) is 25.5. The number of rotatable bonds is 9. The third-order valence-corrected chi connectivity index (χ3v) is 7.48. The second-order valence-corrected chi connectivity index (χ2v) is 10.4. The minimum atomic E-state index is -0.453. The van der Waals surface area contributed by atoms with Crippen molar-refractivity contribution in [2.24, 2.45) is 5.92 Å². The zero-order valence-corrected chi connectivity index (χ0v) is 21.9. The first-order valence-electron chi connectivity index (χ1n) is 12.1. The Bertz CT molecular complexity index is 1440. The molecule has 0 aliphatic carbocycles. The van der Waals surface area contributed by atoms with E-state index in [0.29, 0.717) is 52.7 Å². The predicted molar refractivity (Wildman–Crippen MR) is 140 cm³/mol. The Morgan fingerprint density at radius 1 is 1.32 bits per heavy atom. The monoisotopic (exact) mass is 542 g/mol. The zero-order chi connectivity index (χ0) is 25.8. The van der Waals surface area contributed by atoms with E-state index in [0.717, 1.165) is 37.1 Å². The standard InChI is InChI=1S/C25H27ClN6O4S/c1-15-30-31-20(36-15)11-32-7-5-16(6-8-32)12-35-13-18-14-37-25-21(18)23(33)28-22(29-25)24(34)27-10-17-3-2-4-19(26)9-17/h2-4,9,14,16H,5-8,10-13H2,1H3,(H,27,34)(H,28,29,33). The average molecular weight is 543 g/mol. The third-order valence-electron chi connectivity index (χ3n) is 6.32. The van der Waals surface area contributed by atoms with Gasteiger partial charge in [0.25, 0.3) is 11.5 Å². The maximum absolute atomic E-state index is 12.8. The van der Waals surface area contributed by atoms with E-state index in [9.17, 15) is 9.59 Å². The van der Waals surface area contributed by atoms with Gasteiger partial charge in [-0.1, -0.05) is 23.7 Å². The topological polar surface area (TPSA) is 126 Å². The smallest absolute Gasteiger partial charge is 0.287 e. The summed E-state index contributed by atoms with van der Waals surface area (Å²) in [5.74, 6) is 1.22. The van der Waals surface area contributed by atoms with Crippen molar-refractivity contribution in [1.82, 2.24) is 30.4 Å². The summed E-state index contributed by atoms with van der Waals surface area (Å²) in [6.07, 6.45) is 2.04. The number of ether oxygens (including phenoxy) is 1. The molecule has 1 aliphatic rings. The normalized spacial score (nSPS) is 14.9. The minimum Gasteiger partial charge on any atom is -0.424 e. The first-order valence-corrected chi connectivity index (χ1v) is 13.3. The lowest BCUT2D eigenvalue weighted by Gasteiger charge is -2.30. The number of aromatic amines is 1. The number of hydrogen-bond donors (Lipinski definition) is 2. The van der Waals surface area contributed by atoms with Crippen LogP contribution < -0.4 is 10.9 Å². The van der Waals surface area contributed by atoms with E-state index >= 15 is 0 Å². The van der Waals surface area contributed by atoms with E-state index in [4.69, 9.17) is 20.8 Å². The number of halogens is 1. The lowest BCUT2D eigenvalue weighted by atomic mass is 9.98. The molecule has 10 nitrogen and oxygen atoms in total. The van der Waals surface area contributed by atoms with Crippen molar-refractivity contribution in [3.05, 3.63) is 73.8 Å². The van der Waals surface area contributed by atoms with Crippen molar-refractivity contribution in [1.29, 1.82) is 0 Å². The number of thiophene rings is 1. The van der Waals surface area contributed by atoms with Gasteiger partial charge in [0.2, 0.25) is 17.6 Å². The Kier molecular flexibility index (Phi) is 7.94. The molecule has 0 bridgehead atoms. The van der Waals surface area contributed by atoms with Gasteiger partial charge in [0.15, 0.2) is 0 Å². The van der Waals surface area contributed by atoms with Crippen LogP contribution in [-0.2, 0) is 24.4 Å². The fraction of sp³-hybridized carbons (Fsp3) is 0.400. The van der Waals surface area contributed by atoms with E-state index in [1.165, 1.54) is 11.3 Å². The highest BCUT2D eigenvalue weighted by atomic mass is 35.5. The Morgan fingerprint density at radius 2 is 2.16 bits per heavy atom. The van der Waals surface area contributed by atoms with Crippen LogP contribution in [0.15, 0.2) is 38.9 Å². The molecule has 37 heavy (non-hydrogen) atoms.